The Morgan fingerprint density at radius 1 is 1.50 bits per heavy atom. The maximum Gasteiger partial charge on any atom is 0.205 e. The summed E-state index contributed by atoms with van der Waals surface area (Å²) in [6.07, 6.45) is 1.97. The van der Waals surface area contributed by atoms with Crippen LogP contribution >= 0.6 is 23.5 Å². The van der Waals surface area contributed by atoms with Crippen molar-refractivity contribution in [1.29, 1.82) is 0 Å². The summed E-state index contributed by atoms with van der Waals surface area (Å²) >= 11 is 3.05. The number of fused-ring (bicyclic) bond motifs is 1. The summed E-state index contributed by atoms with van der Waals surface area (Å²) in [6, 6.07) is 7.53. The quantitative estimate of drug-likeness (QED) is 0.790. The third-order valence-electron chi connectivity index (χ3n) is 3.09. The smallest absolute Gasteiger partial charge is 0.205 e. The van der Waals surface area contributed by atoms with Crippen molar-refractivity contribution < 1.29 is 9.63 Å². The van der Waals surface area contributed by atoms with E-state index in [-0.39, 0.29) is 5.78 Å². The van der Waals surface area contributed by atoms with Gasteiger partial charge in [0.15, 0.2) is 0 Å². The molecular formula is C12H12N2O2S2. The van der Waals surface area contributed by atoms with Gasteiger partial charge in [-0.15, -0.1) is 11.8 Å². The molecule has 3 rings (SSSR count). The number of benzene rings is 1. The number of aliphatic imine (C=N–C) groups is 1. The molecule has 0 unspecified atom stereocenters. The van der Waals surface area contributed by atoms with Crippen molar-refractivity contribution in [2.45, 2.75) is 4.87 Å². The molecular weight excluding hydrogens is 268 g/mol. The zero-order valence-electron chi connectivity index (χ0n) is 10.0. The van der Waals surface area contributed by atoms with E-state index in [2.05, 4.69) is 4.99 Å². The number of hydrogen-bond donors (Lipinski definition) is 0. The lowest BCUT2D eigenvalue weighted by molar-refractivity contribution is 0.0850. The van der Waals surface area contributed by atoms with E-state index in [0.29, 0.717) is 12.1 Å². The highest BCUT2D eigenvalue weighted by Crippen LogP contribution is 2.49. The summed E-state index contributed by atoms with van der Waals surface area (Å²) in [5.41, 5.74) is 1.54. The zero-order valence-corrected chi connectivity index (χ0v) is 11.7. The minimum atomic E-state index is -0.739. The number of carbonyl (C=O) groups is 1. The monoisotopic (exact) mass is 280 g/mol. The number of ketones is 1. The minimum absolute atomic E-state index is 0.0813. The average molecular weight is 280 g/mol. The first-order valence-electron chi connectivity index (χ1n) is 5.48. The summed E-state index contributed by atoms with van der Waals surface area (Å²) < 4.78 is 0.929. The predicted octanol–water partition coefficient (Wildman–Crippen LogP) is 2.41. The van der Waals surface area contributed by atoms with Crippen LogP contribution in [-0.2, 0) is 4.84 Å². The van der Waals surface area contributed by atoms with Crippen molar-refractivity contribution in [3.8, 4) is 0 Å². The van der Waals surface area contributed by atoms with Gasteiger partial charge >= 0.3 is 0 Å². The second-order valence-electron chi connectivity index (χ2n) is 4.00. The number of para-hydroxylation sites is 1. The van der Waals surface area contributed by atoms with E-state index in [1.807, 2.05) is 30.5 Å². The number of Topliss-reactive ketones (excluding diaryl/α,β-unsaturated/α-hetero) is 1. The van der Waals surface area contributed by atoms with Gasteiger partial charge in [-0.2, -0.15) is 0 Å². The molecule has 94 valence electrons. The maximum atomic E-state index is 12.6. The molecule has 4 nitrogen and oxygen atoms in total. The molecule has 1 aromatic carbocycles. The van der Waals surface area contributed by atoms with Crippen molar-refractivity contribution in [3.63, 3.8) is 0 Å². The molecule has 2 aliphatic rings. The highest BCUT2D eigenvalue weighted by Gasteiger charge is 2.56. The number of nitrogens with zero attached hydrogens (tertiary/aromatic N) is 2. The van der Waals surface area contributed by atoms with Gasteiger partial charge in [0, 0.05) is 5.56 Å². The van der Waals surface area contributed by atoms with Crippen molar-refractivity contribution in [1.82, 2.24) is 0 Å². The second kappa shape index (κ2) is 4.29. The van der Waals surface area contributed by atoms with Gasteiger partial charge in [-0.3, -0.25) is 14.6 Å². The van der Waals surface area contributed by atoms with Crippen LogP contribution in [0.5, 0.6) is 0 Å². The number of hydroxylamine groups is 1. The largest absolute Gasteiger partial charge is 0.290 e. The first kappa shape index (κ1) is 12.1. The highest BCUT2D eigenvalue weighted by molar-refractivity contribution is 8.39. The summed E-state index contributed by atoms with van der Waals surface area (Å²) in [6.45, 7) is 0.440. The second-order valence-corrected chi connectivity index (χ2v) is 6.32. The van der Waals surface area contributed by atoms with Gasteiger partial charge in [0.05, 0.1) is 19.3 Å². The Labute approximate surface area is 114 Å². The lowest BCUT2D eigenvalue weighted by Crippen LogP contribution is -2.48. The van der Waals surface area contributed by atoms with E-state index in [0.717, 1.165) is 10.1 Å². The summed E-state index contributed by atoms with van der Waals surface area (Å²) in [5.74, 6) is 0.0813. The maximum absolute atomic E-state index is 12.6. The number of hydrogen-bond acceptors (Lipinski definition) is 6. The van der Waals surface area contributed by atoms with Crippen LogP contribution in [0.25, 0.3) is 0 Å². The van der Waals surface area contributed by atoms with Gasteiger partial charge in [0.1, 0.15) is 4.38 Å². The molecule has 6 heteroatoms. The van der Waals surface area contributed by atoms with Crippen LogP contribution in [0.15, 0.2) is 29.3 Å². The van der Waals surface area contributed by atoms with Crippen LogP contribution in [0.2, 0.25) is 0 Å². The number of rotatable bonds is 1. The van der Waals surface area contributed by atoms with Crippen molar-refractivity contribution in [2.75, 3.05) is 25.0 Å². The van der Waals surface area contributed by atoms with Gasteiger partial charge in [0.2, 0.25) is 10.7 Å². The van der Waals surface area contributed by atoms with E-state index in [4.69, 9.17) is 4.84 Å². The molecule has 0 saturated carbocycles. The SMILES string of the molecule is CON1c2ccccc2C(=O)[C@]12CN=C(SC)S2. The molecule has 0 aliphatic carbocycles. The summed E-state index contributed by atoms with van der Waals surface area (Å²) in [7, 11) is 1.59. The predicted molar refractivity (Wildman–Crippen MR) is 76.4 cm³/mol. The molecule has 0 amide bonds. The lowest BCUT2D eigenvalue weighted by Gasteiger charge is -2.31. The van der Waals surface area contributed by atoms with E-state index >= 15 is 0 Å². The molecule has 1 aromatic rings. The highest BCUT2D eigenvalue weighted by atomic mass is 32.2. The molecule has 18 heavy (non-hydrogen) atoms. The Morgan fingerprint density at radius 3 is 2.94 bits per heavy atom. The third kappa shape index (κ3) is 1.46. The Balaban J connectivity index is 2.07. The van der Waals surface area contributed by atoms with Crippen LogP contribution in [0.4, 0.5) is 5.69 Å². The standard InChI is InChI=1S/C12H12N2O2S2/c1-16-14-9-6-4-3-5-8(9)10(15)12(14)7-13-11(17-2)18-12/h3-6H,7H2,1-2H3/t12-/m1/s1. The zero-order chi connectivity index (χ0) is 12.8. The van der Waals surface area contributed by atoms with Crippen LogP contribution in [-0.4, -0.2) is 34.9 Å². The Kier molecular flexibility index (Phi) is 2.88. The molecule has 0 saturated heterocycles. The Morgan fingerprint density at radius 2 is 2.28 bits per heavy atom. The molecule has 2 aliphatic heterocycles. The average Bonchev–Trinajstić information content (AvgIpc) is 2.93. The molecule has 2 heterocycles. The fourth-order valence-corrected chi connectivity index (χ4v) is 4.24. The van der Waals surface area contributed by atoms with Gasteiger partial charge in [-0.25, -0.2) is 5.06 Å². The van der Waals surface area contributed by atoms with Gasteiger partial charge < -0.3 is 0 Å². The van der Waals surface area contributed by atoms with Gasteiger partial charge in [0.25, 0.3) is 0 Å². The Bertz CT molecular complexity index is 547. The summed E-state index contributed by atoms with van der Waals surface area (Å²) in [5, 5.41) is 1.70. The van der Waals surface area contributed by atoms with Gasteiger partial charge in [-0.1, -0.05) is 23.9 Å². The molecule has 0 bridgehead atoms. The summed E-state index contributed by atoms with van der Waals surface area (Å²) in [4.78, 5) is 21.8. The molecule has 0 aromatic heterocycles. The fourth-order valence-electron chi connectivity index (χ4n) is 2.30. The van der Waals surface area contributed by atoms with Crippen molar-refractivity contribution >= 4 is 39.4 Å². The van der Waals surface area contributed by atoms with Crippen molar-refractivity contribution in [3.05, 3.63) is 29.8 Å². The molecule has 1 spiro atoms. The first-order chi connectivity index (χ1) is 8.73. The minimum Gasteiger partial charge on any atom is -0.290 e. The normalized spacial score (nSPS) is 25.8. The van der Waals surface area contributed by atoms with Gasteiger partial charge in [-0.05, 0) is 18.4 Å². The third-order valence-corrected chi connectivity index (χ3v) is 5.44. The lowest BCUT2D eigenvalue weighted by atomic mass is 10.1. The topological polar surface area (TPSA) is 41.9 Å². The molecule has 1 atom stereocenters. The van der Waals surface area contributed by atoms with Crippen LogP contribution in [0.1, 0.15) is 10.4 Å². The number of anilines is 1. The van der Waals surface area contributed by atoms with E-state index in [9.17, 15) is 4.79 Å². The molecule has 0 fully saturated rings. The molecule has 0 N–H and O–H groups in total. The van der Waals surface area contributed by atoms with E-state index in [1.165, 1.54) is 11.8 Å². The van der Waals surface area contributed by atoms with Crippen molar-refractivity contribution in [2.24, 2.45) is 4.99 Å². The van der Waals surface area contributed by atoms with Crippen LogP contribution < -0.4 is 5.06 Å². The van der Waals surface area contributed by atoms with E-state index in [1.54, 1.807) is 23.9 Å². The van der Waals surface area contributed by atoms with Crippen LogP contribution in [0.3, 0.4) is 0 Å². The van der Waals surface area contributed by atoms with Crippen LogP contribution in [0, 0.1) is 0 Å². The first-order valence-corrected chi connectivity index (χ1v) is 7.52. The Hall–Kier alpha value is -0.980. The fraction of sp³-hybridized carbons (Fsp3) is 0.333. The molecule has 0 radical (unpaired) electrons. The number of thioether (sulfide) groups is 2. The van der Waals surface area contributed by atoms with E-state index < -0.39 is 4.87 Å². The number of carbonyl (C=O) groups excluding carboxylic acids is 1.